The van der Waals surface area contributed by atoms with Crippen molar-refractivity contribution in [2.24, 2.45) is 0 Å². The first-order chi connectivity index (χ1) is 15.7. The van der Waals surface area contributed by atoms with Crippen LogP contribution in [0.5, 0.6) is 0 Å². The topological polar surface area (TPSA) is 36.0 Å². The van der Waals surface area contributed by atoms with Gasteiger partial charge in [-0.3, -0.25) is 4.90 Å². The van der Waals surface area contributed by atoms with Gasteiger partial charge in [0.15, 0.2) is 6.10 Å². The number of halogens is 4. The van der Waals surface area contributed by atoms with Crippen molar-refractivity contribution in [1.29, 1.82) is 0 Å². The number of carbonyl (C=O) groups excluding carboxylic acids is 1. The summed E-state index contributed by atoms with van der Waals surface area (Å²) >= 11 is 6.87. The molecule has 3 aliphatic heterocycles. The lowest BCUT2D eigenvalue weighted by atomic mass is 9.85. The molecule has 1 aromatic carbocycles. The minimum absolute atomic E-state index is 0.0448. The highest BCUT2D eigenvalue weighted by atomic mass is 35.5. The van der Waals surface area contributed by atoms with Gasteiger partial charge in [-0.05, 0) is 70.0 Å². The van der Waals surface area contributed by atoms with Gasteiger partial charge in [0, 0.05) is 38.3 Å². The van der Waals surface area contributed by atoms with Gasteiger partial charge < -0.3 is 14.5 Å². The summed E-state index contributed by atoms with van der Waals surface area (Å²) in [5.74, 6) is 0. The summed E-state index contributed by atoms with van der Waals surface area (Å²) in [4.78, 5) is 18.5. The average molecular weight is 488 g/mol. The monoisotopic (exact) mass is 487 g/mol. The van der Waals surface area contributed by atoms with Crippen LogP contribution < -0.4 is 4.90 Å². The van der Waals surface area contributed by atoms with E-state index in [2.05, 4.69) is 32.7 Å². The fourth-order valence-electron chi connectivity index (χ4n) is 5.48. The second-order valence-electron chi connectivity index (χ2n) is 9.60. The Bertz CT molecular complexity index is 837. The van der Waals surface area contributed by atoms with Crippen LogP contribution in [-0.4, -0.2) is 66.4 Å². The molecule has 0 radical (unpaired) electrons. The Morgan fingerprint density at radius 2 is 1.76 bits per heavy atom. The number of anilines is 1. The lowest BCUT2D eigenvalue weighted by Gasteiger charge is -2.45. The molecular weight excluding hydrogens is 455 g/mol. The number of hydrogen-bond acceptors (Lipinski definition) is 4. The van der Waals surface area contributed by atoms with Crippen molar-refractivity contribution in [3.05, 3.63) is 28.8 Å². The van der Waals surface area contributed by atoms with Crippen LogP contribution >= 0.6 is 11.6 Å². The zero-order chi connectivity index (χ0) is 23.6. The Morgan fingerprint density at radius 1 is 1.06 bits per heavy atom. The van der Waals surface area contributed by atoms with Crippen LogP contribution in [0.1, 0.15) is 57.4 Å². The van der Waals surface area contributed by atoms with Crippen LogP contribution in [0.2, 0.25) is 5.02 Å². The third-order valence-electron chi connectivity index (χ3n) is 7.55. The lowest BCUT2D eigenvalue weighted by Crippen LogP contribution is -2.53. The maximum absolute atomic E-state index is 12.7. The first-order valence-corrected chi connectivity index (χ1v) is 12.4. The molecule has 0 aromatic heterocycles. The van der Waals surface area contributed by atoms with Gasteiger partial charge in [-0.15, -0.1) is 0 Å². The number of carbonyl (C=O) groups is 1. The number of amides is 1. The van der Waals surface area contributed by atoms with Gasteiger partial charge in [-0.25, -0.2) is 4.79 Å². The number of benzene rings is 1. The number of likely N-dealkylation sites (tertiary alicyclic amines) is 2. The number of alkyl halides is 3. The lowest BCUT2D eigenvalue weighted by molar-refractivity contribution is -0.200. The molecule has 184 valence electrons. The normalized spacial score (nSPS) is 22.6. The molecule has 3 saturated heterocycles. The summed E-state index contributed by atoms with van der Waals surface area (Å²) in [6, 6.07) is 6.27. The Hall–Kier alpha value is -1.67. The standard InChI is InChI=1S/C24H33ClF3N3O2/c1-18(24(26,27)28)33-22(32)30-15-10-23(11-16-30)9-6-14-31(23)17-19-7-5-8-20(21(19)25)29-12-3-2-4-13-29/h5,7-8,18H,2-4,6,9-17H2,1H3. The molecule has 3 aliphatic rings. The average Bonchev–Trinajstić information content (AvgIpc) is 3.17. The third-order valence-corrected chi connectivity index (χ3v) is 7.98. The molecule has 0 N–H and O–H groups in total. The van der Waals surface area contributed by atoms with Gasteiger partial charge in [0.05, 0.1) is 10.7 Å². The van der Waals surface area contributed by atoms with E-state index in [1.54, 1.807) is 0 Å². The molecule has 1 atom stereocenters. The molecule has 9 heteroatoms. The van der Waals surface area contributed by atoms with E-state index in [4.69, 9.17) is 11.6 Å². The van der Waals surface area contributed by atoms with Crippen molar-refractivity contribution in [1.82, 2.24) is 9.80 Å². The van der Waals surface area contributed by atoms with E-state index in [1.807, 2.05) is 0 Å². The van der Waals surface area contributed by atoms with Crippen molar-refractivity contribution >= 4 is 23.4 Å². The summed E-state index contributed by atoms with van der Waals surface area (Å²) in [6.45, 7) is 5.45. The number of piperidine rings is 2. The number of nitrogens with zero attached hydrogens (tertiary/aromatic N) is 3. The molecule has 1 spiro atoms. The smallest absolute Gasteiger partial charge is 0.425 e. The van der Waals surface area contributed by atoms with Crippen molar-refractivity contribution in [2.45, 2.75) is 76.2 Å². The van der Waals surface area contributed by atoms with E-state index < -0.39 is 18.4 Å². The van der Waals surface area contributed by atoms with Crippen LogP contribution in [0, 0.1) is 0 Å². The largest absolute Gasteiger partial charge is 0.437 e. The first kappa shape index (κ1) is 24.5. The van der Waals surface area contributed by atoms with Crippen LogP contribution in [-0.2, 0) is 11.3 Å². The minimum atomic E-state index is -4.54. The van der Waals surface area contributed by atoms with Crippen LogP contribution in [0.25, 0.3) is 0 Å². The Labute approximate surface area is 198 Å². The van der Waals surface area contributed by atoms with Crippen molar-refractivity contribution in [3.63, 3.8) is 0 Å². The van der Waals surface area contributed by atoms with Crippen LogP contribution in [0.3, 0.4) is 0 Å². The fraction of sp³-hybridized carbons (Fsp3) is 0.708. The molecule has 5 nitrogen and oxygen atoms in total. The molecule has 0 bridgehead atoms. The van der Waals surface area contributed by atoms with E-state index in [0.717, 1.165) is 75.1 Å². The second kappa shape index (κ2) is 9.90. The molecule has 3 heterocycles. The molecule has 1 unspecified atom stereocenters. The predicted molar refractivity (Wildman–Crippen MR) is 123 cm³/mol. The molecule has 1 aromatic rings. The summed E-state index contributed by atoms with van der Waals surface area (Å²) in [7, 11) is 0. The molecule has 4 rings (SSSR count). The van der Waals surface area contributed by atoms with Gasteiger partial charge in [0.25, 0.3) is 0 Å². The Balaban J connectivity index is 1.39. The number of hydrogen-bond donors (Lipinski definition) is 0. The van der Waals surface area contributed by atoms with Gasteiger partial charge in [0.1, 0.15) is 0 Å². The summed E-state index contributed by atoms with van der Waals surface area (Å²) < 4.78 is 42.9. The Kier molecular flexibility index (Phi) is 7.34. The zero-order valence-electron chi connectivity index (χ0n) is 19.2. The minimum Gasteiger partial charge on any atom is -0.437 e. The molecule has 3 fully saturated rings. The van der Waals surface area contributed by atoms with Crippen LogP contribution in [0.15, 0.2) is 18.2 Å². The highest BCUT2D eigenvalue weighted by Crippen LogP contribution is 2.41. The quantitative estimate of drug-likeness (QED) is 0.534. The maximum atomic E-state index is 12.7. The predicted octanol–water partition coefficient (Wildman–Crippen LogP) is 5.85. The van der Waals surface area contributed by atoms with E-state index >= 15 is 0 Å². The van der Waals surface area contributed by atoms with Gasteiger partial charge in [-0.2, -0.15) is 13.2 Å². The summed E-state index contributed by atoms with van der Waals surface area (Å²) in [5, 5.41) is 0.823. The van der Waals surface area contributed by atoms with E-state index in [9.17, 15) is 18.0 Å². The van der Waals surface area contributed by atoms with Crippen molar-refractivity contribution in [3.8, 4) is 0 Å². The van der Waals surface area contributed by atoms with Crippen LogP contribution in [0.4, 0.5) is 23.7 Å². The van der Waals surface area contributed by atoms with Crippen molar-refractivity contribution < 1.29 is 22.7 Å². The number of ether oxygens (including phenoxy) is 1. The van der Waals surface area contributed by atoms with E-state index in [1.165, 1.54) is 24.2 Å². The molecular formula is C24H33ClF3N3O2. The van der Waals surface area contributed by atoms with E-state index in [0.29, 0.717) is 13.1 Å². The first-order valence-electron chi connectivity index (χ1n) is 12.0. The highest BCUT2D eigenvalue weighted by Gasteiger charge is 2.45. The van der Waals surface area contributed by atoms with Gasteiger partial charge in [-0.1, -0.05) is 23.7 Å². The maximum Gasteiger partial charge on any atom is 0.425 e. The Morgan fingerprint density at radius 3 is 2.42 bits per heavy atom. The van der Waals surface area contributed by atoms with Crippen molar-refractivity contribution in [2.75, 3.05) is 37.6 Å². The second-order valence-corrected chi connectivity index (χ2v) is 9.98. The number of rotatable bonds is 4. The van der Waals surface area contributed by atoms with Gasteiger partial charge in [0.2, 0.25) is 0 Å². The highest BCUT2D eigenvalue weighted by molar-refractivity contribution is 6.34. The fourth-order valence-corrected chi connectivity index (χ4v) is 5.78. The summed E-state index contributed by atoms with van der Waals surface area (Å²) in [5.41, 5.74) is 2.18. The molecule has 0 saturated carbocycles. The van der Waals surface area contributed by atoms with E-state index in [-0.39, 0.29) is 5.54 Å². The molecule has 33 heavy (non-hydrogen) atoms. The molecule has 1 amide bonds. The summed E-state index contributed by atoms with van der Waals surface area (Å²) in [6.07, 6.45) is -0.322. The van der Waals surface area contributed by atoms with Gasteiger partial charge >= 0.3 is 12.3 Å². The zero-order valence-corrected chi connectivity index (χ0v) is 19.9. The molecule has 0 aliphatic carbocycles. The SMILES string of the molecule is CC(OC(=O)N1CCC2(CCCN2Cc2cccc(N3CCCCC3)c2Cl)CC1)C(F)(F)F. The third kappa shape index (κ3) is 5.37.